The molecule has 1 N–H and O–H groups in total. The Morgan fingerprint density at radius 3 is 2.47 bits per heavy atom. The van der Waals surface area contributed by atoms with Gasteiger partial charge in [0.1, 0.15) is 5.78 Å². The second-order valence-electron chi connectivity index (χ2n) is 4.93. The number of aliphatic hydroxyl groups is 1. The van der Waals surface area contributed by atoms with Crippen LogP contribution in [-0.4, -0.2) is 10.9 Å². The number of carbonyl (C=O) groups excluding carboxylic acids is 1. The first kappa shape index (κ1) is 12.3. The van der Waals surface area contributed by atoms with E-state index in [0.717, 1.165) is 31.2 Å². The Morgan fingerprint density at radius 2 is 1.82 bits per heavy atom. The van der Waals surface area contributed by atoms with Gasteiger partial charge in [0.25, 0.3) is 0 Å². The third-order valence-corrected chi connectivity index (χ3v) is 3.64. The van der Waals surface area contributed by atoms with Gasteiger partial charge in [0.2, 0.25) is 0 Å². The first-order valence-corrected chi connectivity index (χ1v) is 6.53. The van der Waals surface area contributed by atoms with Gasteiger partial charge in [-0.2, -0.15) is 0 Å². The molecular weight excluding hydrogens is 212 g/mol. The highest BCUT2D eigenvalue weighted by Gasteiger charge is 2.23. The summed E-state index contributed by atoms with van der Waals surface area (Å²) < 4.78 is 0. The van der Waals surface area contributed by atoms with E-state index < -0.39 is 6.10 Å². The van der Waals surface area contributed by atoms with Crippen LogP contribution in [0.2, 0.25) is 0 Å². The smallest absolute Gasteiger partial charge is 0.138 e. The summed E-state index contributed by atoms with van der Waals surface area (Å²) in [4.78, 5) is 12.0. The quantitative estimate of drug-likeness (QED) is 0.865. The predicted molar refractivity (Wildman–Crippen MR) is 67.6 cm³/mol. The maximum absolute atomic E-state index is 12.0. The largest absolute Gasteiger partial charge is 0.388 e. The van der Waals surface area contributed by atoms with Gasteiger partial charge in [-0.3, -0.25) is 4.79 Å². The third kappa shape index (κ3) is 3.40. The standard InChI is InChI=1S/C15H20O2/c16-14(12-7-3-1-4-8-12)11-15(17)13-9-5-2-6-10-13/h1,3-4,7-8,13-14,16H,2,5-6,9-11H2/t14-/m1/s1. The number of rotatable bonds is 4. The van der Waals surface area contributed by atoms with E-state index in [1.165, 1.54) is 6.42 Å². The van der Waals surface area contributed by atoms with E-state index in [9.17, 15) is 9.90 Å². The minimum Gasteiger partial charge on any atom is -0.388 e. The Morgan fingerprint density at radius 1 is 1.18 bits per heavy atom. The first-order chi connectivity index (χ1) is 8.27. The Bertz CT molecular complexity index is 352. The second kappa shape index (κ2) is 5.97. The zero-order chi connectivity index (χ0) is 12.1. The molecule has 1 aromatic carbocycles. The van der Waals surface area contributed by atoms with Crippen LogP contribution < -0.4 is 0 Å². The summed E-state index contributed by atoms with van der Waals surface area (Å²) in [5.74, 6) is 0.433. The summed E-state index contributed by atoms with van der Waals surface area (Å²) in [6.45, 7) is 0. The summed E-state index contributed by atoms with van der Waals surface area (Å²) in [6, 6.07) is 9.45. The fraction of sp³-hybridized carbons (Fsp3) is 0.533. The molecule has 0 aliphatic heterocycles. The van der Waals surface area contributed by atoms with Crippen molar-refractivity contribution in [2.24, 2.45) is 5.92 Å². The molecule has 0 saturated heterocycles. The van der Waals surface area contributed by atoms with Crippen LogP contribution in [0.5, 0.6) is 0 Å². The summed E-state index contributed by atoms with van der Waals surface area (Å²) in [5.41, 5.74) is 0.844. The molecule has 2 heteroatoms. The van der Waals surface area contributed by atoms with Crippen LogP contribution in [0.25, 0.3) is 0 Å². The Hall–Kier alpha value is -1.15. The van der Waals surface area contributed by atoms with Crippen molar-refractivity contribution >= 4 is 5.78 Å². The lowest BCUT2D eigenvalue weighted by Gasteiger charge is -2.21. The lowest BCUT2D eigenvalue weighted by Crippen LogP contribution is -2.19. The zero-order valence-corrected chi connectivity index (χ0v) is 10.1. The molecule has 1 aromatic rings. The molecule has 2 rings (SSSR count). The minimum atomic E-state index is -0.634. The molecule has 0 aromatic heterocycles. The van der Waals surface area contributed by atoms with Crippen LogP contribution in [-0.2, 0) is 4.79 Å². The van der Waals surface area contributed by atoms with Crippen LogP contribution >= 0.6 is 0 Å². The Balaban J connectivity index is 1.89. The van der Waals surface area contributed by atoms with Crippen molar-refractivity contribution in [1.82, 2.24) is 0 Å². The molecule has 92 valence electrons. The van der Waals surface area contributed by atoms with E-state index in [1.54, 1.807) is 0 Å². The molecule has 0 heterocycles. The van der Waals surface area contributed by atoms with Gasteiger partial charge in [0.05, 0.1) is 6.10 Å². The first-order valence-electron chi connectivity index (χ1n) is 6.53. The van der Waals surface area contributed by atoms with Crippen LogP contribution in [0.4, 0.5) is 0 Å². The molecule has 2 nitrogen and oxygen atoms in total. The van der Waals surface area contributed by atoms with Gasteiger partial charge in [0.15, 0.2) is 0 Å². The number of benzene rings is 1. The third-order valence-electron chi connectivity index (χ3n) is 3.64. The molecule has 1 atom stereocenters. The highest BCUT2D eigenvalue weighted by atomic mass is 16.3. The van der Waals surface area contributed by atoms with Crippen molar-refractivity contribution in [3.8, 4) is 0 Å². The van der Waals surface area contributed by atoms with Gasteiger partial charge >= 0.3 is 0 Å². The second-order valence-corrected chi connectivity index (χ2v) is 4.93. The van der Waals surface area contributed by atoms with Crippen molar-refractivity contribution in [2.45, 2.75) is 44.6 Å². The van der Waals surface area contributed by atoms with Gasteiger partial charge in [-0.15, -0.1) is 0 Å². The van der Waals surface area contributed by atoms with Gasteiger partial charge in [-0.05, 0) is 18.4 Å². The maximum Gasteiger partial charge on any atom is 0.138 e. The molecule has 1 fully saturated rings. The van der Waals surface area contributed by atoms with Gasteiger partial charge in [-0.25, -0.2) is 0 Å². The van der Waals surface area contributed by atoms with E-state index in [4.69, 9.17) is 0 Å². The maximum atomic E-state index is 12.0. The van der Waals surface area contributed by atoms with Crippen LogP contribution in [0.15, 0.2) is 30.3 Å². The summed E-state index contributed by atoms with van der Waals surface area (Å²) in [6.07, 6.45) is 5.25. The van der Waals surface area contributed by atoms with E-state index >= 15 is 0 Å². The molecule has 0 bridgehead atoms. The fourth-order valence-corrected chi connectivity index (χ4v) is 2.57. The zero-order valence-electron chi connectivity index (χ0n) is 10.1. The lowest BCUT2D eigenvalue weighted by atomic mass is 9.84. The molecule has 0 amide bonds. The molecular formula is C15H20O2. The predicted octanol–water partition coefficient (Wildman–Crippen LogP) is 3.26. The molecule has 1 saturated carbocycles. The van der Waals surface area contributed by atoms with E-state index in [0.29, 0.717) is 0 Å². The highest BCUT2D eigenvalue weighted by Crippen LogP contribution is 2.27. The number of Topliss-reactive ketones (excluding diaryl/α,β-unsaturated/α-hetero) is 1. The summed E-state index contributed by atoms with van der Waals surface area (Å²) >= 11 is 0. The van der Waals surface area contributed by atoms with Crippen LogP contribution in [0.1, 0.15) is 50.2 Å². The lowest BCUT2D eigenvalue weighted by molar-refractivity contribution is -0.125. The minimum absolute atomic E-state index is 0.196. The Labute approximate surface area is 103 Å². The van der Waals surface area contributed by atoms with Crippen molar-refractivity contribution in [1.29, 1.82) is 0 Å². The molecule has 1 aliphatic rings. The van der Waals surface area contributed by atoms with Gasteiger partial charge in [-0.1, -0.05) is 49.6 Å². The molecule has 0 unspecified atom stereocenters. The highest BCUT2D eigenvalue weighted by molar-refractivity contribution is 5.81. The molecule has 1 aliphatic carbocycles. The summed E-state index contributed by atoms with van der Waals surface area (Å²) in [5, 5.41) is 10.0. The van der Waals surface area contributed by atoms with E-state index in [2.05, 4.69) is 0 Å². The Kier molecular flexibility index (Phi) is 4.32. The fourth-order valence-electron chi connectivity index (χ4n) is 2.57. The van der Waals surface area contributed by atoms with Crippen molar-refractivity contribution < 1.29 is 9.90 Å². The monoisotopic (exact) mass is 232 g/mol. The number of carbonyl (C=O) groups is 1. The van der Waals surface area contributed by atoms with Crippen LogP contribution in [0, 0.1) is 5.92 Å². The van der Waals surface area contributed by atoms with Crippen LogP contribution in [0.3, 0.4) is 0 Å². The number of aliphatic hydroxyl groups excluding tert-OH is 1. The SMILES string of the molecule is O=C(C[C@@H](O)c1ccccc1)C1CCCCC1. The number of hydrogen-bond acceptors (Lipinski definition) is 2. The average Bonchev–Trinajstić information content (AvgIpc) is 2.40. The molecule has 0 spiro atoms. The topological polar surface area (TPSA) is 37.3 Å². The van der Waals surface area contributed by atoms with Crippen molar-refractivity contribution in [3.63, 3.8) is 0 Å². The normalized spacial score (nSPS) is 18.9. The van der Waals surface area contributed by atoms with E-state index in [-0.39, 0.29) is 18.1 Å². The average molecular weight is 232 g/mol. The van der Waals surface area contributed by atoms with Crippen molar-refractivity contribution in [2.75, 3.05) is 0 Å². The molecule has 17 heavy (non-hydrogen) atoms. The van der Waals surface area contributed by atoms with Gasteiger partial charge in [0, 0.05) is 12.3 Å². The molecule has 0 radical (unpaired) electrons. The summed E-state index contributed by atoms with van der Waals surface area (Å²) in [7, 11) is 0. The van der Waals surface area contributed by atoms with E-state index in [1.807, 2.05) is 30.3 Å². The van der Waals surface area contributed by atoms with Gasteiger partial charge < -0.3 is 5.11 Å². The number of ketones is 1. The van der Waals surface area contributed by atoms with Crippen molar-refractivity contribution in [3.05, 3.63) is 35.9 Å². The number of hydrogen-bond donors (Lipinski definition) is 1.